The number of morpholine rings is 1. The number of hydrogen-bond donors (Lipinski definition) is 3. The summed E-state index contributed by atoms with van der Waals surface area (Å²) in [5, 5.41) is 8.53. The molecular formula is C35H40FN5O9S. The number of piperidine rings is 1. The van der Waals surface area contributed by atoms with Crippen LogP contribution in [0.5, 0.6) is 5.75 Å². The van der Waals surface area contributed by atoms with Gasteiger partial charge in [-0.2, -0.15) is 0 Å². The summed E-state index contributed by atoms with van der Waals surface area (Å²) in [6, 6.07) is 9.90. The van der Waals surface area contributed by atoms with Gasteiger partial charge in [-0.3, -0.25) is 24.5 Å². The SMILES string of the molecule is O=C(C=COCCOCCOCCNC(=O)COc1c(F)ccc2sc(N3C[C@H]4CC[C@@H](C3)O4)nc12)Nc1ccc(C2CCC(=O)NC2=O)cc1. The highest BCUT2D eigenvalue weighted by Crippen LogP contribution is 2.38. The minimum atomic E-state index is -0.572. The fraction of sp³-hybridized carbons (Fsp3) is 0.457. The number of nitrogens with one attached hydrogen (secondary N) is 3. The molecule has 272 valence electrons. The lowest BCUT2D eigenvalue weighted by atomic mass is 9.90. The first kappa shape index (κ1) is 36.2. The Morgan fingerprint density at radius 2 is 1.75 bits per heavy atom. The first-order valence-corrected chi connectivity index (χ1v) is 17.7. The third kappa shape index (κ3) is 10.00. The van der Waals surface area contributed by atoms with Crippen molar-refractivity contribution >= 4 is 56.0 Å². The standard InChI is InChI=1S/C35H40FN5O9S/c36-27-8-9-28-32(40-35(51-28)41-19-24-5-6-25(20-41)50-24)33(27)49-21-31(44)37-12-14-47-16-18-48-17-15-46-13-11-30(43)38-23-3-1-22(2-4-23)26-7-10-29(42)39-34(26)45/h1-4,8-9,11,13,24-26H,5-7,10,12,14-21H2,(H,37,44)(H,38,43)(H,39,42,45)/t24-,25+,26?. The van der Waals surface area contributed by atoms with Crippen molar-refractivity contribution in [1.82, 2.24) is 15.6 Å². The molecule has 3 fully saturated rings. The van der Waals surface area contributed by atoms with Crippen molar-refractivity contribution in [2.24, 2.45) is 0 Å². The lowest BCUT2D eigenvalue weighted by Gasteiger charge is -2.31. The minimum Gasteiger partial charge on any atom is -0.499 e. The zero-order valence-corrected chi connectivity index (χ0v) is 28.7. The number of ether oxygens (including phenoxy) is 5. The van der Waals surface area contributed by atoms with Crippen LogP contribution < -0.4 is 25.6 Å². The average Bonchev–Trinajstić information content (AvgIpc) is 3.71. The molecule has 3 atom stereocenters. The second kappa shape index (κ2) is 17.5. The van der Waals surface area contributed by atoms with Crippen molar-refractivity contribution in [2.45, 2.75) is 43.8 Å². The quantitative estimate of drug-likeness (QED) is 0.0811. The number of nitrogens with zero attached hydrogens (tertiary/aromatic N) is 2. The highest BCUT2D eigenvalue weighted by Gasteiger charge is 2.35. The van der Waals surface area contributed by atoms with Crippen molar-refractivity contribution in [3.63, 3.8) is 0 Å². The summed E-state index contributed by atoms with van der Waals surface area (Å²) in [5.74, 6) is -2.36. The monoisotopic (exact) mass is 725 g/mol. The largest absolute Gasteiger partial charge is 0.499 e. The number of amides is 4. The summed E-state index contributed by atoms with van der Waals surface area (Å²) in [5.41, 5.74) is 1.74. The number of benzene rings is 2. The molecular weight excluding hydrogens is 685 g/mol. The highest BCUT2D eigenvalue weighted by atomic mass is 32.1. The first-order chi connectivity index (χ1) is 24.8. The second-order valence-electron chi connectivity index (χ2n) is 12.2. The minimum absolute atomic E-state index is 0.0341. The van der Waals surface area contributed by atoms with Gasteiger partial charge < -0.3 is 39.2 Å². The lowest BCUT2D eigenvalue weighted by Crippen LogP contribution is -2.42. The van der Waals surface area contributed by atoms with Crippen molar-refractivity contribution in [3.05, 3.63) is 60.1 Å². The molecule has 0 radical (unpaired) electrons. The van der Waals surface area contributed by atoms with Gasteiger partial charge in [-0.15, -0.1) is 0 Å². The molecule has 2 aromatic carbocycles. The lowest BCUT2D eigenvalue weighted by molar-refractivity contribution is -0.134. The van der Waals surface area contributed by atoms with Gasteiger partial charge in [-0.25, -0.2) is 9.37 Å². The number of carbonyl (C=O) groups is 4. The van der Waals surface area contributed by atoms with Gasteiger partial charge in [0.2, 0.25) is 11.8 Å². The zero-order valence-electron chi connectivity index (χ0n) is 27.9. The molecule has 6 rings (SSSR count). The van der Waals surface area contributed by atoms with E-state index in [0.717, 1.165) is 41.3 Å². The van der Waals surface area contributed by atoms with E-state index in [-0.39, 0.29) is 74.6 Å². The number of thiazole rings is 1. The fourth-order valence-corrected chi connectivity index (χ4v) is 7.01. The van der Waals surface area contributed by atoms with E-state index in [0.29, 0.717) is 37.3 Å². The maximum absolute atomic E-state index is 14.7. The molecule has 1 aromatic heterocycles. The van der Waals surface area contributed by atoms with Gasteiger partial charge >= 0.3 is 0 Å². The van der Waals surface area contributed by atoms with Crippen LogP contribution in [-0.4, -0.2) is 100 Å². The van der Waals surface area contributed by atoms with Crippen LogP contribution in [0, 0.1) is 5.82 Å². The molecule has 4 amide bonds. The molecule has 14 nitrogen and oxygen atoms in total. The average molecular weight is 726 g/mol. The van der Waals surface area contributed by atoms with E-state index in [4.69, 9.17) is 23.7 Å². The molecule has 51 heavy (non-hydrogen) atoms. The summed E-state index contributed by atoms with van der Waals surface area (Å²) >= 11 is 1.47. The van der Waals surface area contributed by atoms with Gasteiger partial charge in [-0.05, 0) is 49.1 Å². The number of aromatic nitrogens is 1. The summed E-state index contributed by atoms with van der Waals surface area (Å²) in [6.45, 7) is 2.78. The van der Waals surface area contributed by atoms with E-state index in [1.54, 1.807) is 30.3 Å². The summed E-state index contributed by atoms with van der Waals surface area (Å²) in [4.78, 5) is 54.7. The van der Waals surface area contributed by atoms with Crippen LogP contribution in [0.4, 0.5) is 15.2 Å². The Hall–Kier alpha value is -4.64. The number of imide groups is 1. The predicted molar refractivity (Wildman–Crippen MR) is 185 cm³/mol. The van der Waals surface area contributed by atoms with Crippen molar-refractivity contribution in [3.8, 4) is 5.75 Å². The molecule has 4 heterocycles. The Labute approximate surface area is 297 Å². The third-order valence-corrected chi connectivity index (χ3v) is 9.62. The molecule has 16 heteroatoms. The number of halogens is 1. The first-order valence-electron chi connectivity index (χ1n) is 16.9. The Balaban J connectivity index is 0.786. The van der Waals surface area contributed by atoms with E-state index in [1.165, 1.54) is 29.7 Å². The maximum Gasteiger partial charge on any atom is 0.258 e. The smallest absolute Gasteiger partial charge is 0.258 e. The van der Waals surface area contributed by atoms with E-state index in [9.17, 15) is 23.6 Å². The molecule has 3 aliphatic heterocycles. The van der Waals surface area contributed by atoms with Crippen LogP contribution >= 0.6 is 11.3 Å². The number of carbonyl (C=O) groups excluding carboxylic acids is 4. The molecule has 0 saturated carbocycles. The molecule has 2 bridgehead atoms. The number of fused-ring (bicyclic) bond motifs is 3. The number of rotatable bonds is 17. The molecule has 1 unspecified atom stereocenters. The van der Waals surface area contributed by atoms with Crippen molar-refractivity contribution in [2.75, 3.05) is 69.5 Å². The van der Waals surface area contributed by atoms with Crippen molar-refractivity contribution < 1.29 is 47.3 Å². The maximum atomic E-state index is 14.7. The van der Waals surface area contributed by atoms with E-state index < -0.39 is 11.7 Å². The van der Waals surface area contributed by atoms with Gasteiger partial charge in [0.25, 0.3) is 11.8 Å². The Morgan fingerprint density at radius 3 is 2.51 bits per heavy atom. The van der Waals surface area contributed by atoms with Crippen LogP contribution in [0.25, 0.3) is 10.2 Å². The van der Waals surface area contributed by atoms with Crippen molar-refractivity contribution in [1.29, 1.82) is 0 Å². The molecule has 3 aromatic rings. The van der Waals surface area contributed by atoms with Gasteiger partial charge in [0.1, 0.15) is 12.1 Å². The van der Waals surface area contributed by atoms with Crippen LogP contribution in [0.3, 0.4) is 0 Å². The topological polar surface area (TPSA) is 167 Å². The third-order valence-electron chi connectivity index (χ3n) is 8.54. The molecule has 3 aliphatic rings. The van der Waals surface area contributed by atoms with Gasteiger partial charge in [0, 0.05) is 37.8 Å². The molecule has 3 saturated heterocycles. The van der Waals surface area contributed by atoms with E-state index in [2.05, 4.69) is 25.8 Å². The highest BCUT2D eigenvalue weighted by molar-refractivity contribution is 7.22. The summed E-state index contributed by atoms with van der Waals surface area (Å²) < 4.78 is 43.1. The predicted octanol–water partition coefficient (Wildman–Crippen LogP) is 3.02. The Bertz CT molecular complexity index is 1720. The van der Waals surface area contributed by atoms with Gasteiger partial charge in [0.05, 0.1) is 55.5 Å². The molecule has 0 aliphatic carbocycles. The molecule has 0 spiro atoms. The van der Waals surface area contributed by atoms with Crippen LogP contribution in [-0.2, 0) is 38.1 Å². The Kier molecular flexibility index (Phi) is 12.4. The van der Waals surface area contributed by atoms with E-state index >= 15 is 0 Å². The zero-order chi connectivity index (χ0) is 35.6. The molecule has 3 N–H and O–H groups in total. The number of anilines is 2. The summed E-state index contributed by atoms with van der Waals surface area (Å²) in [7, 11) is 0. The normalized spacial score (nSPS) is 20.1. The van der Waals surface area contributed by atoms with E-state index in [1.807, 2.05) is 0 Å². The van der Waals surface area contributed by atoms with Crippen LogP contribution in [0.15, 0.2) is 48.7 Å². The van der Waals surface area contributed by atoms with Gasteiger partial charge in [-0.1, -0.05) is 23.5 Å². The number of hydrogen-bond acceptors (Lipinski definition) is 12. The fourth-order valence-electron chi connectivity index (χ4n) is 6.03. The van der Waals surface area contributed by atoms with Crippen LogP contribution in [0.1, 0.15) is 37.2 Å². The summed E-state index contributed by atoms with van der Waals surface area (Å²) in [6.07, 6.45) is 5.77. The van der Waals surface area contributed by atoms with Gasteiger partial charge in [0.15, 0.2) is 23.3 Å². The second-order valence-corrected chi connectivity index (χ2v) is 13.2. The van der Waals surface area contributed by atoms with Crippen LogP contribution in [0.2, 0.25) is 0 Å². The Morgan fingerprint density at radius 1 is 1.00 bits per heavy atom.